The number of amides is 2. The molecule has 0 saturated carbocycles. The highest BCUT2D eigenvalue weighted by molar-refractivity contribution is 6.11. The highest BCUT2D eigenvalue weighted by atomic mass is 16.6. The Morgan fingerprint density at radius 1 is 1.03 bits per heavy atom. The van der Waals surface area contributed by atoms with Crippen LogP contribution in [0.1, 0.15) is 69.9 Å². The van der Waals surface area contributed by atoms with E-state index in [1.807, 2.05) is 12.1 Å². The first-order valence-electron chi connectivity index (χ1n) is 10.4. The molecule has 3 rings (SSSR count). The molecule has 1 unspecified atom stereocenters. The minimum Gasteiger partial charge on any atom is -0.443 e. The van der Waals surface area contributed by atoms with Gasteiger partial charge in [0.05, 0.1) is 5.52 Å². The van der Waals surface area contributed by atoms with Gasteiger partial charge in [-0.1, -0.05) is 24.3 Å². The highest BCUT2D eigenvalue weighted by Crippen LogP contribution is 2.38. The fourth-order valence-corrected chi connectivity index (χ4v) is 3.72. The molecule has 0 spiro atoms. The quantitative estimate of drug-likeness (QED) is 0.565. The van der Waals surface area contributed by atoms with Crippen LogP contribution in [0, 0.1) is 0 Å². The number of rotatable bonds is 1. The zero-order chi connectivity index (χ0) is 23.1. The molecule has 0 radical (unpaired) electrons. The lowest BCUT2D eigenvalue weighted by atomic mass is 9.94. The molecule has 1 aliphatic heterocycles. The summed E-state index contributed by atoms with van der Waals surface area (Å²) in [6.45, 7) is 14.6. The third kappa shape index (κ3) is 4.50. The number of carbonyl (C=O) groups is 3. The topological polar surface area (TPSA) is 77.8 Å². The van der Waals surface area contributed by atoms with E-state index in [0.717, 1.165) is 10.3 Å². The summed E-state index contributed by atoms with van der Waals surface area (Å²) in [6, 6.07) is 7.27. The lowest BCUT2D eigenvalue weighted by Crippen LogP contribution is -2.42. The predicted octanol–water partition coefficient (Wildman–Crippen LogP) is 5.48. The number of imide groups is 1. The Labute approximate surface area is 182 Å². The van der Waals surface area contributed by atoms with Crippen molar-refractivity contribution in [2.75, 3.05) is 6.54 Å². The number of hydrogen-bond acceptors (Lipinski definition) is 5. The monoisotopic (exact) mass is 426 g/mol. The first kappa shape index (κ1) is 22.6. The second-order valence-corrected chi connectivity index (χ2v) is 9.66. The van der Waals surface area contributed by atoms with E-state index < -0.39 is 29.3 Å². The Morgan fingerprint density at radius 2 is 1.61 bits per heavy atom. The number of hydrogen-bond donors (Lipinski definition) is 0. The minimum absolute atomic E-state index is 0.115. The predicted molar refractivity (Wildman–Crippen MR) is 118 cm³/mol. The zero-order valence-electron chi connectivity index (χ0n) is 19.0. The van der Waals surface area contributed by atoms with Gasteiger partial charge in [-0.15, -0.1) is 6.58 Å². The second kappa shape index (κ2) is 7.87. The third-order valence-electron chi connectivity index (χ3n) is 4.87. The lowest BCUT2D eigenvalue weighted by Gasteiger charge is -2.26. The highest BCUT2D eigenvalue weighted by Gasteiger charge is 2.39. The Kier molecular flexibility index (Phi) is 5.74. The maximum absolute atomic E-state index is 13.6. The van der Waals surface area contributed by atoms with Crippen LogP contribution in [-0.2, 0) is 9.47 Å². The smallest absolute Gasteiger partial charge is 0.419 e. The van der Waals surface area contributed by atoms with Crippen LogP contribution in [0.2, 0.25) is 0 Å². The van der Waals surface area contributed by atoms with E-state index in [0.29, 0.717) is 17.5 Å². The van der Waals surface area contributed by atoms with Crippen molar-refractivity contribution in [1.29, 1.82) is 0 Å². The number of nitrogens with zero attached hydrogens (tertiary/aromatic N) is 2. The van der Waals surface area contributed by atoms with E-state index in [-0.39, 0.29) is 18.2 Å². The van der Waals surface area contributed by atoms with Crippen LogP contribution in [0.4, 0.5) is 9.59 Å². The first-order chi connectivity index (χ1) is 14.3. The molecule has 31 heavy (non-hydrogen) atoms. The van der Waals surface area contributed by atoms with Crippen LogP contribution in [0.25, 0.3) is 10.9 Å². The van der Waals surface area contributed by atoms with Crippen molar-refractivity contribution in [1.82, 2.24) is 9.47 Å². The fourth-order valence-electron chi connectivity index (χ4n) is 3.72. The van der Waals surface area contributed by atoms with E-state index in [4.69, 9.17) is 9.47 Å². The molecular formula is C24H30N2O5. The Morgan fingerprint density at radius 3 is 2.19 bits per heavy atom. The maximum atomic E-state index is 13.6. The van der Waals surface area contributed by atoms with Crippen molar-refractivity contribution in [2.45, 2.75) is 65.1 Å². The van der Waals surface area contributed by atoms with Gasteiger partial charge in [-0.25, -0.2) is 19.1 Å². The van der Waals surface area contributed by atoms with E-state index in [9.17, 15) is 14.4 Å². The molecule has 2 heterocycles. The molecule has 1 aromatic carbocycles. The van der Waals surface area contributed by atoms with Gasteiger partial charge < -0.3 is 9.47 Å². The van der Waals surface area contributed by atoms with Gasteiger partial charge in [0.15, 0.2) is 0 Å². The number of aromatic nitrogens is 1. The van der Waals surface area contributed by atoms with Gasteiger partial charge in [0.2, 0.25) is 0 Å². The van der Waals surface area contributed by atoms with Gasteiger partial charge in [0.1, 0.15) is 16.9 Å². The molecule has 0 aliphatic carbocycles. The average molecular weight is 427 g/mol. The van der Waals surface area contributed by atoms with Gasteiger partial charge in [-0.05, 0) is 59.6 Å². The van der Waals surface area contributed by atoms with Gasteiger partial charge in [-0.3, -0.25) is 4.79 Å². The molecule has 2 aromatic rings. The van der Waals surface area contributed by atoms with Crippen LogP contribution in [0.5, 0.6) is 0 Å². The summed E-state index contributed by atoms with van der Waals surface area (Å²) in [5.41, 5.74) is -0.183. The van der Waals surface area contributed by atoms with Gasteiger partial charge in [-0.2, -0.15) is 0 Å². The molecule has 0 fully saturated rings. The van der Waals surface area contributed by atoms with Crippen molar-refractivity contribution < 1.29 is 23.9 Å². The molecule has 7 nitrogen and oxygen atoms in total. The largest absolute Gasteiger partial charge is 0.443 e. The number of allylic oxidation sites excluding steroid dienone is 1. The van der Waals surface area contributed by atoms with Gasteiger partial charge in [0, 0.05) is 17.8 Å². The molecule has 0 N–H and O–H groups in total. The van der Waals surface area contributed by atoms with Crippen molar-refractivity contribution >= 4 is 29.0 Å². The van der Waals surface area contributed by atoms with Crippen molar-refractivity contribution in [3.8, 4) is 0 Å². The zero-order valence-corrected chi connectivity index (χ0v) is 19.0. The molecule has 2 amide bonds. The number of fused-ring (bicyclic) bond motifs is 3. The standard InChI is InChI=1S/C24H30N2O5/c1-8-15-13-14-25(21(28)30-23(2,3)4)20(27)19-18(15)16-11-9-10-12-17(16)26(19)22(29)31-24(5,6)7/h8-12,15H,1,13-14H2,2-7H3. The average Bonchev–Trinajstić information content (AvgIpc) is 2.89. The molecule has 1 aliphatic rings. The molecule has 0 bridgehead atoms. The Bertz CT molecular complexity index is 1050. The normalized spacial score (nSPS) is 17.2. The van der Waals surface area contributed by atoms with Crippen LogP contribution in [-0.4, -0.2) is 45.3 Å². The van der Waals surface area contributed by atoms with Crippen LogP contribution in [0.15, 0.2) is 36.9 Å². The van der Waals surface area contributed by atoms with Gasteiger partial charge >= 0.3 is 12.2 Å². The SMILES string of the molecule is C=CC1CCN(C(=O)OC(C)(C)C)C(=O)c2c1c1ccccc1n2C(=O)OC(C)(C)C. The summed E-state index contributed by atoms with van der Waals surface area (Å²) in [5.74, 6) is -0.810. The number of benzene rings is 1. The Balaban J connectivity index is 2.24. The first-order valence-corrected chi connectivity index (χ1v) is 10.4. The lowest BCUT2D eigenvalue weighted by molar-refractivity contribution is 0.0234. The third-order valence-corrected chi connectivity index (χ3v) is 4.87. The fraction of sp³-hybridized carbons (Fsp3) is 0.458. The van der Waals surface area contributed by atoms with Crippen molar-refractivity contribution in [2.24, 2.45) is 0 Å². The maximum Gasteiger partial charge on any atom is 0.419 e. The van der Waals surface area contributed by atoms with Crippen LogP contribution < -0.4 is 0 Å². The van der Waals surface area contributed by atoms with Crippen LogP contribution in [0.3, 0.4) is 0 Å². The molecule has 1 aromatic heterocycles. The van der Waals surface area contributed by atoms with Crippen LogP contribution >= 0.6 is 0 Å². The van der Waals surface area contributed by atoms with Crippen molar-refractivity contribution in [3.05, 3.63) is 48.2 Å². The number of carbonyl (C=O) groups excluding carboxylic acids is 3. The van der Waals surface area contributed by atoms with Gasteiger partial charge in [0.25, 0.3) is 5.91 Å². The Hall–Kier alpha value is -3.09. The summed E-state index contributed by atoms with van der Waals surface area (Å²) in [7, 11) is 0. The minimum atomic E-state index is -0.762. The molecule has 166 valence electrons. The summed E-state index contributed by atoms with van der Waals surface area (Å²) < 4.78 is 12.3. The summed E-state index contributed by atoms with van der Waals surface area (Å²) >= 11 is 0. The molecule has 7 heteroatoms. The second-order valence-electron chi connectivity index (χ2n) is 9.66. The molecular weight excluding hydrogens is 396 g/mol. The summed E-state index contributed by atoms with van der Waals surface area (Å²) in [4.78, 5) is 40.7. The van der Waals surface area contributed by atoms with E-state index in [2.05, 4.69) is 6.58 Å². The summed E-state index contributed by atoms with van der Waals surface area (Å²) in [6.07, 6.45) is 0.807. The number of para-hydroxylation sites is 1. The summed E-state index contributed by atoms with van der Waals surface area (Å²) in [5, 5.41) is 0.757. The van der Waals surface area contributed by atoms with Crippen molar-refractivity contribution in [3.63, 3.8) is 0 Å². The van der Waals surface area contributed by atoms with E-state index in [1.165, 1.54) is 4.57 Å². The van der Waals surface area contributed by atoms with E-state index >= 15 is 0 Å². The number of ether oxygens (including phenoxy) is 2. The molecule has 1 atom stereocenters. The van der Waals surface area contributed by atoms with E-state index in [1.54, 1.807) is 59.8 Å². The molecule has 0 saturated heterocycles.